The second-order valence-electron chi connectivity index (χ2n) is 7.84. The Kier molecular flexibility index (Phi) is 10.4. The summed E-state index contributed by atoms with van der Waals surface area (Å²) in [5, 5.41) is 0. The zero-order chi connectivity index (χ0) is 21.3. The number of esters is 1. The quantitative estimate of drug-likeness (QED) is 0.309. The first-order chi connectivity index (χ1) is 12.2. The number of hydrogen-bond acceptors (Lipinski definition) is 7. The summed E-state index contributed by atoms with van der Waals surface area (Å²) in [7, 11) is -3.33. The normalized spacial score (nSPS) is 13.4. The third-order valence-electron chi connectivity index (χ3n) is 2.74. The summed E-state index contributed by atoms with van der Waals surface area (Å²) in [5.74, 6) is -0.535. The van der Waals surface area contributed by atoms with Gasteiger partial charge in [-0.25, -0.2) is 4.79 Å². The van der Waals surface area contributed by atoms with Crippen LogP contribution < -0.4 is 0 Å². The van der Waals surface area contributed by atoms with E-state index < -0.39 is 30.9 Å². The average molecular weight is 407 g/mol. The summed E-state index contributed by atoms with van der Waals surface area (Å²) in [6, 6.07) is 0. The number of amides is 1. The maximum atomic E-state index is 12.6. The smallest absolute Gasteiger partial charge is 0.434 e. The van der Waals surface area contributed by atoms with Crippen molar-refractivity contribution in [3.05, 3.63) is 0 Å². The minimum Gasteiger partial charge on any atom is -0.460 e. The van der Waals surface area contributed by atoms with E-state index in [0.717, 1.165) is 0 Å². The predicted octanol–water partition coefficient (Wildman–Crippen LogP) is 4.75. The van der Waals surface area contributed by atoms with Crippen LogP contribution in [0.15, 0.2) is 4.99 Å². The molecule has 0 aromatic carbocycles. The topological polar surface area (TPSA) is 100 Å². The van der Waals surface area contributed by atoms with Crippen molar-refractivity contribution in [2.75, 3.05) is 19.4 Å². The van der Waals surface area contributed by atoms with E-state index in [1.54, 1.807) is 55.4 Å². The van der Waals surface area contributed by atoms with Crippen LogP contribution in [0.5, 0.6) is 0 Å². The Morgan fingerprint density at radius 2 is 1.37 bits per heavy atom. The molecule has 9 heteroatoms. The van der Waals surface area contributed by atoms with Gasteiger partial charge in [-0.05, 0) is 61.8 Å². The number of hydrogen-bond donors (Lipinski definition) is 0. The molecule has 0 atom stereocenters. The zero-order valence-corrected chi connectivity index (χ0v) is 18.7. The highest BCUT2D eigenvalue weighted by Gasteiger charge is 2.26. The van der Waals surface area contributed by atoms with E-state index in [4.69, 9.17) is 18.5 Å². The van der Waals surface area contributed by atoms with Gasteiger partial charge in [0, 0.05) is 5.71 Å². The molecule has 0 aliphatic rings. The van der Waals surface area contributed by atoms with Gasteiger partial charge in [0.05, 0.1) is 25.8 Å². The van der Waals surface area contributed by atoms with Crippen LogP contribution in [0, 0.1) is 0 Å². The van der Waals surface area contributed by atoms with E-state index in [9.17, 15) is 14.2 Å². The minimum absolute atomic E-state index is 0.000884. The Balaban J connectivity index is 5.30. The zero-order valence-electron chi connectivity index (χ0n) is 17.8. The largest absolute Gasteiger partial charge is 0.460 e. The second kappa shape index (κ2) is 10.9. The standard InChI is InChI=1S/C18H34NO7P/c1-9-23-27(22,24-10-2)12-11-14(13-15(20)25-17(3,4)5)19-16(21)26-18(6,7)8/h9-13H2,1-8H3. The van der Waals surface area contributed by atoms with Gasteiger partial charge in [-0.1, -0.05) is 0 Å². The highest BCUT2D eigenvalue weighted by atomic mass is 31.2. The van der Waals surface area contributed by atoms with Crippen LogP contribution in [0.3, 0.4) is 0 Å². The molecule has 0 radical (unpaired) electrons. The summed E-state index contributed by atoms with van der Waals surface area (Å²) >= 11 is 0. The molecule has 0 aromatic rings. The highest BCUT2D eigenvalue weighted by molar-refractivity contribution is 7.53. The molecule has 0 N–H and O–H groups in total. The molecule has 0 rings (SSSR count). The van der Waals surface area contributed by atoms with Crippen molar-refractivity contribution in [3.8, 4) is 0 Å². The van der Waals surface area contributed by atoms with Crippen LogP contribution in [-0.4, -0.2) is 48.4 Å². The molecular weight excluding hydrogens is 373 g/mol. The highest BCUT2D eigenvalue weighted by Crippen LogP contribution is 2.48. The molecule has 0 saturated carbocycles. The van der Waals surface area contributed by atoms with Crippen LogP contribution in [0.25, 0.3) is 0 Å². The molecule has 0 spiro atoms. The number of rotatable bonds is 9. The number of nitrogens with zero attached hydrogens (tertiary/aromatic N) is 1. The molecule has 1 amide bonds. The molecule has 0 bridgehead atoms. The van der Waals surface area contributed by atoms with Crippen molar-refractivity contribution in [2.45, 2.75) is 79.4 Å². The fraction of sp³-hybridized carbons (Fsp3) is 0.833. The maximum absolute atomic E-state index is 12.6. The molecule has 0 unspecified atom stereocenters. The fourth-order valence-corrected chi connectivity index (χ4v) is 3.62. The SMILES string of the molecule is CCOP(=O)(CCC(CC(=O)OC(C)(C)C)=NC(=O)OC(C)(C)C)OCC. The fourth-order valence-electron chi connectivity index (χ4n) is 1.97. The van der Waals surface area contributed by atoms with E-state index >= 15 is 0 Å². The van der Waals surface area contributed by atoms with E-state index in [1.165, 1.54) is 0 Å². The van der Waals surface area contributed by atoms with Crippen molar-refractivity contribution in [2.24, 2.45) is 4.99 Å². The van der Waals surface area contributed by atoms with E-state index in [0.29, 0.717) is 0 Å². The van der Waals surface area contributed by atoms with E-state index in [-0.39, 0.29) is 37.9 Å². The summed E-state index contributed by atoms with van der Waals surface area (Å²) in [6.07, 6.45) is -0.951. The summed E-state index contributed by atoms with van der Waals surface area (Å²) < 4.78 is 33.5. The van der Waals surface area contributed by atoms with Crippen LogP contribution in [0.1, 0.15) is 68.2 Å². The van der Waals surface area contributed by atoms with Crippen LogP contribution in [0.4, 0.5) is 4.79 Å². The lowest BCUT2D eigenvalue weighted by Gasteiger charge is -2.21. The summed E-state index contributed by atoms with van der Waals surface area (Å²) in [4.78, 5) is 28.0. The molecule has 0 fully saturated rings. The van der Waals surface area contributed by atoms with Gasteiger partial charge in [0.25, 0.3) is 0 Å². The Hall–Kier alpha value is -1.24. The van der Waals surface area contributed by atoms with E-state index in [1.807, 2.05) is 0 Å². The van der Waals surface area contributed by atoms with Crippen LogP contribution in [0.2, 0.25) is 0 Å². The predicted molar refractivity (Wildman–Crippen MR) is 104 cm³/mol. The number of carbonyl (C=O) groups excluding carboxylic acids is 2. The van der Waals surface area contributed by atoms with Gasteiger partial charge >= 0.3 is 19.7 Å². The molecule has 0 saturated heterocycles. The molecule has 8 nitrogen and oxygen atoms in total. The van der Waals surface area contributed by atoms with Gasteiger partial charge in [0.15, 0.2) is 0 Å². The van der Waals surface area contributed by atoms with Crippen LogP contribution in [-0.2, 0) is 27.9 Å². The Bertz CT molecular complexity index is 563. The Labute approximate surface area is 162 Å². The molecule has 158 valence electrons. The monoisotopic (exact) mass is 407 g/mol. The van der Waals surface area contributed by atoms with E-state index in [2.05, 4.69) is 4.99 Å². The Morgan fingerprint density at radius 3 is 1.78 bits per heavy atom. The molecule has 0 aromatic heterocycles. The second-order valence-corrected chi connectivity index (χ2v) is 10.0. The lowest BCUT2D eigenvalue weighted by atomic mass is 10.1. The summed E-state index contributed by atoms with van der Waals surface area (Å²) in [5.41, 5.74) is -1.18. The van der Waals surface area contributed by atoms with Crippen molar-refractivity contribution in [3.63, 3.8) is 0 Å². The van der Waals surface area contributed by atoms with Crippen LogP contribution >= 0.6 is 7.60 Å². The number of carbonyl (C=O) groups is 2. The molecular formula is C18H34NO7P. The van der Waals surface area contributed by atoms with Gasteiger partial charge < -0.3 is 18.5 Å². The lowest BCUT2D eigenvalue weighted by molar-refractivity contribution is -0.153. The Morgan fingerprint density at radius 1 is 0.889 bits per heavy atom. The number of aliphatic imine (C=N–C) groups is 1. The van der Waals surface area contributed by atoms with Crippen molar-refractivity contribution in [1.29, 1.82) is 0 Å². The molecule has 27 heavy (non-hydrogen) atoms. The molecule has 0 heterocycles. The van der Waals surface area contributed by atoms with Crippen molar-refractivity contribution < 1.29 is 32.7 Å². The third-order valence-corrected chi connectivity index (χ3v) is 4.81. The average Bonchev–Trinajstić information content (AvgIpc) is 2.41. The van der Waals surface area contributed by atoms with Gasteiger partial charge in [0.1, 0.15) is 11.2 Å². The minimum atomic E-state index is -3.33. The molecule has 0 aliphatic carbocycles. The van der Waals surface area contributed by atoms with Gasteiger partial charge in [0.2, 0.25) is 0 Å². The molecule has 0 aliphatic heterocycles. The number of ether oxygens (including phenoxy) is 2. The van der Waals surface area contributed by atoms with Gasteiger partial charge in [-0.2, -0.15) is 4.99 Å². The summed E-state index contributed by atoms with van der Waals surface area (Å²) in [6.45, 7) is 14.2. The first-order valence-electron chi connectivity index (χ1n) is 9.09. The first kappa shape index (κ1) is 25.8. The first-order valence-corrected chi connectivity index (χ1v) is 10.8. The van der Waals surface area contributed by atoms with Gasteiger partial charge in [-0.3, -0.25) is 9.36 Å². The van der Waals surface area contributed by atoms with Crippen molar-refractivity contribution >= 4 is 25.4 Å². The maximum Gasteiger partial charge on any atom is 0.434 e. The van der Waals surface area contributed by atoms with Gasteiger partial charge in [-0.15, -0.1) is 0 Å². The lowest BCUT2D eigenvalue weighted by Crippen LogP contribution is -2.26. The van der Waals surface area contributed by atoms with Crippen molar-refractivity contribution in [1.82, 2.24) is 0 Å². The third kappa shape index (κ3) is 13.6.